The largest absolute Gasteiger partial charge is 0.103 e. The van der Waals surface area contributed by atoms with Gasteiger partial charge in [0.05, 0.1) is 0 Å². The summed E-state index contributed by atoms with van der Waals surface area (Å²) in [6, 6.07) is 0. The molecule has 0 saturated carbocycles. The van der Waals surface area contributed by atoms with Crippen molar-refractivity contribution >= 4 is 0 Å². The van der Waals surface area contributed by atoms with Crippen LogP contribution in [-0.4, -0.2) is 0 Å². The minimum atomic E-state index is 0.760. The molecule has 0 rings (SSSR count). The molecule has 0 fully saturated rings. The smallest absolute Gasteiger partial charge is 0.0294 e. The number of rotatable bonds is 6. The lowest BCUT2D eigenvalue weighted by atomic mass is 9.98. The molecule has 0 aromatic rings. The highest BCUT2D eigenvalue weighted by molar-refractivity contribution is 4.99. The molecule has 70 valence electrons. The normalized spacial score (nSPS) is 14.4. The van der Waals surface area contributed by atoms with E-state index in [2.05, 4.69) is 33.4 Å². The fourth-order valence-corrected chi connectivity index (χ4v) is 1.39. The van der Waals surface area contributed by atoms with E-state index >= 15 is 0 Å². The molecule has 0 N–H and O–H groups in total. The van der Waals surface area contributed by atoms with Crippen molar-refractivity contribution in [2.45, 2.75) is 46.5 Å². The van der Waals surface area contributed by atoms with Gasteiger partial charge in [-0.1, -0.05) is 38.0 Å². The van der Waals surface area contributed by atoms with Crippen LogP contribution in [0, 0.1) is 5.92 Å². The van der Waals surface area contributed by atoms with Crippen LogP contribution in [0.3, 0.4) is 0 Å². The van der Waals surface area contributed by atoms with E-state index in [1.165, 1.54) is 24.8 Å². The Bertz CT molecular complexity index is 142. The van der Waals surface area contributed by atoms with Crippen LogP contribution in [-0.2, 0) is 0 Å². The molecule has 12 heavy (non-hydrogen) atoms. The Hall–Kier alpha value is -0.520. The summed E-state index contributed by atoms with van der Waals surface area (Å²) in [7, 11) is 0. The summed E-state index contributed by atoms with van der Waals surface area (Å²) in [6.07, 6.45) is 9.22. The predicted octanol–water partition coefficient (Wildman–Crippen LogP) is 4.34. The standard InChI is InChI=1S/C12H22/c1-5-7-9-12(4)10-11(3)8-6-2/h6,9,11H,2,5,7-8,10H2,1,3-4H3. The summed E-state index contributed by atoms with van der Waals surface area (Å²) in [5.74, 6) is 0.760. The van der Waals surface area contributed by atoms with Gasteiger partial charge >= 0.3 is 0 Å². The van der Waals surface area contributed by atoms with Crippen LogP contribution in [0.1, 0.15) is 46.5 Å². The van der Waals surface area contributed by atoms with Crippen molar-refractivity contribution in [1.29, 1.82) is 0 Å². The van der Waals surface area contributed by atoms with E-state index in [0.29, 0.717) is 0 Å². The van der Waals surface area contributed by atoms with Gasteiger partial charge in [0.2, 0.25) is 0 Å². The first-order valence-corrected chi connectivity index (χ1v) is 4.97. The van der Waals surface area contributed by atoms with Crippen molar-refractivity contribution in [3.8, 4) is 0 Å². The Morgan fingerprint density at radius 3 is 2.67 bits per heavy atom. The van der Waals surface area contributed by atoms with E-state index in [1.807, 2.05) is 6.08 Å². The molecule has 0 amide bonds. The maximum absolute atomic E-state index is 3.75. The van der Waals surface area contributed by atoms with Gasteiger partial charge in [0.25, 0.3) is 0 Å². The van der Waals surface area contributed by atoms with E-state index in [4.69, 9.17) is 0 Å². The van der Waals surface area contributed by atoms with Crippen molar-refractivity contribution in [3.63, 3.8) is 0 Å². The summed E-state index contributed by atoms with van der Waals surface area (Å²) in [6.45, 7) is 10.5. The quantitative estimate of drug-likeness (QED) is 0.515. The van der Waals surface area contributed by atoms with Gasteiger partial charge < -0.3 is 0 Å². The topological polar surface area (TPSA) is 0 Å². The van der Waals surface area contributed by atoms with E-state index in [0.717, 1.165) is 12.3 Å². The first-order chi connectivity index (χ1) is 5.70. The molecule has 0 radical (unpaired) electrons. The van der Waals surface area contributed by atoms with Gasteiger partial charge in [0, 0.05) is 0 Å². The minimum Gasteiger partial charge on any atom is -0.103 e. The fourth-order valence-electron chi connectivity index (χ4n) is 1.39. The highest BCUT2D eigenvalue weighted by atomic mass is 14.0. The Labute approximate surface area is 77.4 Å². The molecule has 0 aromatic heterocycles. The summed E-state index contributed by atoms with van der Waals surface area (Å²) < 4.78 is 0. The van der Waals surface area contributed by atoms with Crippen molar-refractivity contribution in [2.75, 3.05) is 0 Å². The molecule has 0 nitrogen and oxygen atoms in total. The van der Waals surface area contributed by atoms with Gasteiger partial charge in [-0.15, -0.1) is 6.58 Å². The third kappa shape index (κ3) is 6.21. The maximum Gasteiger partial charge on any atom is -0.0294 e. The number of allylic oxidation sites excluding steroid dienone is 3. The van der Waals surface area contributed by atoms with Crippen molar-refractivity contribution < 1.29 is 0 Å². The second-order valence-electron chi connectivity index (χ2n) is 3.67. The van der Waals surface area contributed by atoms with Crippen LogP contribution in [0.5, 0.6) is 0 Å². The van der Waals surface area contributed by atoms with Crippen molar-refractivity contribution in [3.05, 3.63) is 24.3 Å². The molecule has 0 aliphatic carbocycles. The molecule has 0 aromatic carbocycles. The van der Waals surface area contributed by atoms with Crippen LogP contribution < -0.4 is 0 Å². The molecule has 0 bridgehead atoms. The van der Waals surface area contributed by atoms with Gasteiger partial charge in [-0.3, -0.25) is 0 Å². The SMILES string of the molecule is C=CCC(C)CC(C)=CCCC. The van der Waals surface area contributed by atoms with Crippen LogP contribution in [0.2, 0.25) is 0 Å². The monoisotopic (exact) mass is 166 g/mol. The summed E-state index contributed by atoms with van der Waals surface area (Å²) in [5.41, 5.74) is 1.53. The van der Waals surface area contributed by atoms with Crippen LogP contribution in [0.4, 0.5) is 0 Å². The zero-order chi connectivity index (χ0) is 9.40. The van der Waals surface area contributed by atoms with E-state index in [-0.39, 0.29) is 0 Å². The highest BCUT2D eigenvalue weighted by Crippen LogP contribution is 2.15. The molecule has 0 aliphatic rings. The van der Waals surface area contributed by atoms with Crippen LogP contribution in [0.15, 0.2) is 24.3 Å². The maximum atomic E-state index is 3.75. The van der Waals surface area contributed by atoms with E-state index in [1.54, 1.807) is 0 Å². The second kappa shape index (κ2) is 7.15. The molecular weight excluding hydrogens is 144 g/mol. The third-order valence-corrected chi connectivity index (χ3v) is 2.02. The number of unbranched alkanes of at least 4 members (excludes halogenated alkanes) is 1. The Morgan fingerprint density at radius 2 is 2.17 bits per heavy atom. The first kappa shape index (κ1) is 11.5. The summed E-state index contributed by atoms with van der Waals surface area (Å²) in [5, 5.41) is 0. The first-order valence-electron chi connectivity index (χ1n) is 4.97. The summed E-state index contributed by atoms with van der Waals surface area (Å²) in [4.78, 5) is 0. The lowest BCUT2D eigenvalue weighted by Crippen LogP contribution is -1.93. The van der Waals surface area contributed by atoms with Crippen molar-refractivity contribution in [1.82, 2.24) is 0 Å². The average Bonchev–Trinajstić information content (AvgIpc) is 2.01. The molecule has 0 aliphatic heterocycles. The summed E-state index contributed by atoms with van der Waals surface area (Å²) >= 11 is 0. The number of hydrogen-bond donors (Lipinski definition) is 0. The van der Waals surface area contributed by atoms with Crippen LogP contribution in [0.25, 0.3) is 0 Å². The van der Waals surface area contributed by atoms with Gasteiger partial charge in [0.1, 0.15) is 0 Å². The Balaban J connectivity index is 3.66. The lowest BCUT2D eigenvalue weighted by molar-refractivity contribution is 0.585. The molecule has 1 unspecified atom stereocenters. The zero-order valence-corrected chi connectivity index (χ0v) is 8.77. The van der Waals surface area contributed by atoms with Crippen molar-refractivity contribution in [2.24, 2.45) is 5.92 Å². The zero-order valence-electron chi connectivity index (χ0n) is 8.77. The molecule has 0 heterocycles. The Morgan fingerprint density at radius 1 is 1.50 bits per heavy atom. The average molecular weight is 166 g/mol. The second-order valence-corrected chi connectivity index (χ2v) is 3.67. The van der Waals surface area contributed by atoms with Crippen LogP contribution >= 0.6 is 0 Å². The molecule has 0 spiro atoms. The Kier molecular flexibility index (Phi) is 6.84. The molecular formula is C12H22. The van der Waals surface area contributed by atoms with E-state index in [9.17, 15) is 0 Å². The minimum absolute atomic E-state index is 0.760. The van der Waals surface area contributed by atoms with Gasteiger partial charge in [-0.05, 0) is 32.1 Å². The van der Waals surface area contributed by atoms with Gasteiger partial charge in [-0.2, -0.15) is 0 Å². The predicted molar refractivity (Wildman–Crippen MR) is 57.3 cm³/mol. The van der Waals surface area contributed by atoms with Gasteiger partial charge in [-0.25, -0.2) is 0 Å². The molecule has 0 heteroatoms. The molecule has 0 saturated heterocycles. The number of hydrogen-bond acceptors (Lipinski definition) is 0. The highest BCUT2D eigenvalue weighted by Gasteiger charge is 1.99. The van der Waals surface area contributed by atoms with Gasteiger partial charge in [0.15, 0.2) is 0 Å². The lowest BCUT2D eigenvalue weighted by Gasteiger charge is -2.08. The molecule has 1 atom stereocenters. The fraction of sp³-hybridized carbons (Fsp3) is 0.667. The van der Waals surface area contributed by atoms with E-state index < -0.39 is 0 Å². The third-order valence-electron chi connectivity index (χ3n) is 2.02.